The maximum Gasteiger partial charge on any atom is 0.250 e. The molecule has 0 atom stereocenters. The maximum atomic E-state index is 12.4. The number of rotatable bonds is 7. The topological polar surface area (TPSA) is 92.4 Å². The van der Waals surface area contributed by atoms with Crippen LogP contribution in [-0.2, 0) is 4.79 Å². The van der Waals surface area contributed by atoms with E-state index in [2.05, 4.69) is 20.7 Å². The molecule has 0 bridgehead atoms. The van der Waals surface area contributed by atoms with E-state index in [1.54, 1.807) is 55.5 Å². The number of carbonyl (C=O) groups excluding carboxylic acids is 1. The zero-order valence-corrected chi connectivity index (χ0v) is 20.3. The van der Waals surface area contributed by atoms with Crippen molar-refractivity contribution in [2.45, 2.75) is 12.1 Å². The summed E-state index contributed by atoms with van der Waals surface area (Å²) < 4.78 is 1.86. The molecule has 7 nitrogen and oxygen atoms in total. The standard InChI is InChI=1S/C24H19Cl2N5O2S/c1-15(16-4-12-21(32)13-5-16)27-28-22(33)14-34-24-30-29-23(17-2-6-18(25)7-3-17)31(24)20-10-8-19(26)9-11-20/h2-13,32H,14H2,1H3,(H,28,33)/b27-15-. The molecule has 0 aliphatic heterocycles. The lowest BCUT2D eigenvalue weighted by Gasteiger charge is -2.10. The molecular weight excluding hydrogens is 493 g/mol. The minimum atomic E-state index is -0.290. The number of hydrogen-bond acceptors (Lipinski definition) is 6. The molecule has 0 saturated heterocycles. The van der Waals surface area contributed by atoms with Crippen molar-refractivity contribution < 1.29 is 9.90 Å². The maximum absolute atomic E-state index is 12.4. The third-order valence-electron chi connectivity index (χ3n) is 4.79. The quantitative estimate of drug-likeness (QED) is 0.192. The zero-order chi connectivity index (χ0) is 24.1. The van der Waals surface area contributed by atoms with Crippen LogP contribution >= 0.6 is 35.0 Å². The van der Waals surface area contributed by atoms with Crippen molar-refractivity contribution in [2.75, 3.05) is 5.75 Å². The molecule has 1 heterocycles. The molecule has 0 aliphatic carbocycles. The van der Waals surface area contributed by atoms with Crippen LogP contribution in [0, 0.1) is 0 Å². The molecule has 10 heteroatoms. The average Bonchev–Trinajstić information content (AvgIpc) is 3.26. The zero-order valence-electron chi connectivity index (χ0n) is 17.9. The number of thioether (sulfide) groups is 1. The van der Waals surface area contributed by atoms with Crippen molar-refractivity contribution in [1.82, 2.24) is 20.2 Å². The number of benzene rings is 3. The predicted octanol–water partition coefficient (Wildman–Crippen LogP) is 5.58. The lowest BCUT2D eigenvalue weighted by atomic mass is 10.1. The van der Waals surface area contributed by atoms with Crippen molar-refractivity contribution in [3.05, 3.63) is 88.4 Å². The second kappa shape index (κ2) is 10.7. The van der Waals surface area contributed by atoms with Gasteiger partial charge in [-0.15, -0.1) is 10.2 Å². The average molecular weight is 512 g/mol. The number of amides is 1. The van der Waals surface area contributed by atoms with Crippen LogP contribution in [-0.4, -0.2) is 37.2 Å². The van der Waals surface area contributed by atoms with Crippen LogP contribution in [0.25, 0.3) is 17.1 Å². The first kappa shape index (κ1) is 23.8. The summed E-state index contributed by atoms with van der Waals surface area (Å²) in [6.07, 6.45) is 0. The van der Waals surface area contributed by atoms with E-state index in [-0.39, 0.29) is 17.4 Å². The molecule has 0 fully saturated rings. The molecule has 34 heavy (non-hydrogen) atoms. The van der Waals surface area contributed by atoms with Crippen LogP contribution in [0.2, 0.25) is 10.0 Å². The molecule has 172 valence electrons. The Labute approximate surface area is 210 Å². The fourth-order valence-electron chi connectivity index (χ4n) is 3.05. The van der Waals surface area contributed by atoms with Gasteiger partial charge >= 0.3 is 0 Å². The van der Waals surface area contributed by atoms with Crippen molar-refractivity contribution in [3.8, 4) is 22.8 Å². The molecule has 4 rings (SSSR count). The molecule has 3 aromatic carbocycles. The first-order valence-electron chi connectivity index (χ1n) is 10.1. The summed E-state index contributed by atoms with van der Waals surface area (Å²) in [4.78, 5) is 12.4. The van der Waals surface area contributed by atoms with Crippen molar-refractivity contribution in [2.24, 2.45) is 5.10 Å². The smallest absolute Gasteiger partial charge is 0.250 e. The van der Waals surface area contributed by atoms with Gasteiger partial charge < -0.3 is 5.11 Å². The first-order valence-corrected chi connectivity index (χ1v) is 11.9. The Morgan fingerprint density at radius 1 is 0.971 bits per heavy atom. The number of halogens is 2. The normalized spacial score (nSPS) is 11.4. The number of phenolic OH excluding ortho intramolecular Hbond substituents is 1. The highest BCUT2D eigenvalue weighted by atomic mass is 35.5. The number of hydrazone groups is 1. The van der Waals surface area contributed by atoms with E-state index >= 15 is 0 Å². The molecule has 1 aromatic heterocycles. The molecule has 4 aromatic rings. The fourth-order valence-corrected chi connectivity index (χ4v) is 4.04. The number of nitrogens with zero attached hydrogens (tertiary/aromatic N) is 4. The SMILES string of the molecule is C/C(=N/NC(=O)CSc1nnc(-c2ccc(Cl)cc2)n1-c1ccc(Cl)cc1)c1ccc(O)cc1. The summed E-state index contributed by atoms with van der Waals surface area (Å²) in [6, 6.07) is 21.2. The van der Waals surface area contributed by atoms with Gasteiger partial charge in [0.25, 0.3) is 5.91 Å². The predicted molar refractivity (Wildman–Crippen MR) is 136 cm³/mol. The highest BCUT2D eigenvalue weighted by Crippen LogP contribution is 2.29. The van der Waals surface area contributed by atoms with Gasteiger partial charge in [-0.25, -0.2) is 5.43 Å². The third kappa shape index (κ3) is 5.77. The van der Waals surface area contributed by atoms with Gasteiger partial charge in [0.2, 0.25) is 0 Å². The number of aromatic hydroxyl groups is 1. The van der Waals surface area contributed by atoms with Crippen LogP contribution in [0.15, 0.2) is 83.1 Å². The molecule has 0 spiro atoms. The van der Waals surface area contributed by atoms with E-state index < -0.39 is 0 Å². The van der Waals surface area contributed by atoms with Crippen LogP contribution in [0.1, 0.15) is 12.5 Å². The van der Waals surface area contributed by atoms with E-state index in [1.165, 1.54) is 11.8 Å². The van der Waals surface area contributed by atoms with Gasteiger partial charge in [0.15, 0.2) is 11.0 Å². The van der Waals surface area contributed by atoms with E-state index in [9.17, 15) is 9.90 Å². The largest absolute Gasteiger partial charge is 0.508 e. The second-order valence-electron chi connectivity index (χ2n) is 7.19. The van der Waals surface area contributed by atoms with E-state index in [1.807, 2.05) is 28.8 Å². The molecule has 2 N–H and O–H groups in total. The van der Waals surface area contributed by atoms with Gasteiger partial charge in [-0.1, -0.05) is 35.0 Å². The van der Waals surface area contributed by atoms with Crippen LogP contribution in [0.5, 0.6) is 5.75 Å². The monoisotopic (exact) mass is 511 g/mol. The minimum Gasteiger partial charge on any atom is -0.508 e. The summed E-state index contributed by atoms with van der Waals surface area (Å²) in [5, 5.41) is 24.0. The van der Waals surface area contributed by atoms with Gasteiger partial charge in [-0.05, 0) is 85.3 Å². The number of hydrogen-bond donors (Lipinski definition) is 2. The lowest BCUT2D eigenvalue weighted by Crippen LogP contribution is -2.21. The summed E-state index contributed by atoms with van der Waals surface area (Å²) in [5.74, 6) is 0.572. The minimum absolute atomic E-state index is 0.0820. The Balaban J connectivity index is 1.52. The van der Waals surface area contributed by atoms with Gasteiger partial charge in [0.1, 0.15) is 5.75 Å². The Bertz CT molecular complexity index is 1320. The molecule has 0 aliphatic rings. The summed E-state index contributed by atoms with van der Waals surface area (Å²) in [7, 11) is 0. The number of nitrogens with one attached hydrogen (secondary N) is 1. The van der Waals surface area contributed by atoms with Crippen LogP contribution < -0.4 is 5.43 Å². The molecule has 0 saturated carbocycles. The van der Waals surface area contributed by atoms with Crippen molar-refractivity contribution >= 4 is 46.6 Å². The van der Waals surface area contributed by atoms with E-state index in [0.29, 0.717) is 26.7 Å². The molecule has 0 radical (unpaired) electrons. The van der Waals surface area contributed by atoms with Gasteiger partial charge in [-0.2, -0.15) is 5.10 Å². The highest BCUT2D eigenvalue weighted by molar-refractivity contribution is 7.99. The number of phenols is 1. The summed E-state index contributed by atoms with van der Waals surface area (Å²) in [5.41, 5.74) is 5.60. The van der Waals surface area contributed by atoms with Gasteiger partial charge in [-0.3, -0.25) is 9.36 Å². The fraction of sp³-hybridized carbons (Fsp3) is 0.0833. The summed E-state index contributed by atoms with van der Waals surface area (Å²) in [6.45, 7) is 1.77. The highest BCUT2D eigenvalue weighted by Gasteiger charge is 2.17. The van der Waals surface area contributed by atoms with Crippen molar-refractivity contribution in [3.63, 3.8) is 0 Å². The Hall–Kier alpha value is -3.33. The molecule has 1 amide bonds. The third-order valence-corrected chi connectivity index (χ3v) is 6.22. The number of carbonyl (C=O) groups is 1. The lowest BCUT2D eigenvalue weighted by molar-refractivity contribution is -0.118. The Morgan fingerprint density at radius 2 is 1.59 bits per heavy atom. The van der Waals surface area contributed by atoms with E-state index in [4.69, 9.17) is 23.2 Å². The Morgan fingerprint density at radius 3 is 2.24 bits per heavy atom. The van der Waals surface area contributed by atoms with Crippen molar-refractivity contribution in [1.29, 1.82) is 0 Å². The molecule has 0 unspecified atom stereocenters. The van der Waals surface area contributed by atoms with Crippen LogP contribution in [0.3, 0.4) is 0 Å². The molecular formula is C24H19Cl2N5O2S. The van der Waals surface area contributed by atoms with Gasteiger partial charge in [0.05, 0.1) is 11.5 Å². The second-order valence-corrected chi connectivity index (χ2v) is 9.01. The van der Waals surface area contributed by atoms with Gasteiger partial charge in [0, 0.05) is 21.3 Å². The first-order chi connectivity index (χ1) is 16.4. The van der Waals surface area contributed by atoms with E-state index in [0.717, 1.165) is 16.8 Å². The van der Waals surface area contributed by atoms with Crippen LogP contribution in [0.4, 0.5) is 0 Å². The Kier molecular flexibility index (Phi) is 7.52. The summed E-state index contributed by atoms with van der Waals surface area (Å²) >= 11 is 13.3. The number of aromatic nitrogens is 3.